The molecule has 3 aliphatic rings. The number of carbonyl (C=O) groups excluding carboxylic acids is 1. The second-order valence-electron chi connectivity index (χ2n) is 9.73. The van der Waals surface area contributed by atoms with Gasteiger partial charge in [-0.15, -0.1) is 0 Å². The first-order chi connectivity index (χ1) is 15.8. The summed E-state index contributed by atoms with van der Waals surface area (Å²) < 4.78 is 0. The smallest absolute Gasteiger partial charge is 0.259 e. The van der Waals surface area contributed by atoms with Crippen LogP contribution in [0.4, 0.5) is 5.69 Å². The molecule has 1 aliphatic carbocycles. The molecule has 1 saturated heterocycles. The largest absolute Gasteiger partial charge is 0.306 e. The molecule has 2 fully saturated rings. The van der Waals surface area contributed by atoms with Gasteiger partial charge in [0, 0.05) is 37.1 Å². The molecule has 0 radical (unpaired) electrons. The highest BCUT2D eigenvalue weighted by Crippen LogP contribution is 2.52. The van der Waals surface area contributed by atoms with Crippen LogP contribution in [0.25, 0.3) is 21.5 Å². The van der Waals surface area contributed by atoms with E-state index >= 15 is 0 Å². The quantitative estimate of drug-likeness (QED) is 0.425. The number of anilines is 1. The molecule has 7 rings (SSSR count). The summed E-state index contributed by atoms with van der Waals surface area (Å²) in [7, 11) is 0. The molecule has 4 aromatic rings. The molecule has 1 saturated carbocycles. The van der Waals surface area contributed by atoms with Crippen molar-refractivity contribution >= 4 is 33.1 Å². The van der Waals surface area contributed by atoms with Crippen LogP contribution in [-0.4, -0.2) is 37.0 Å². The third-order valence-electron chi connectivity index (χ3n) is 8.15. The van der Waals surface area contributed by atoms with E-state index in [0.717, 1.165) is 53.5 Å². The van der Waals surface area contributed by atoms with Crippen molar-refractivity contribution in [2.24, 2.45) is 11.8 Å². The number of hydrogen-bond donors (Lipinski definition) is 0. The van der Waals surface area contributed by atoms with E-state index in [9.17, 15) is 4.79 Å². The highest BCUT2D eigenvalue weighted by Gasteiger charge is 2.47. The van der Waals surface area contributed by atoms with Crippen LogP contribution in [0, 0.1) is 11.8 Å². The van der Waals surface area contributed by atoms with Crippen molar-refractivity contribution in [2.45, 2.75) is 12.3 Å². The number of amides is 1. The van der Waals surface area contributed by atoms with Crippen LogP contribution in [-0.2, 0) is 0 Å². The van der Waals surface area contributed by atoms with Crippen LogP contribution < -0.4 is 4.90 Å². The molecule has 2 heterocycles. The van der Waals surface area contributed by atoms with Gasteiger partial charge in [0.05, 0.1) is 5.69 Å². The maximum Gasteiger partial charge on any atom is 0.259 e. The number of hydrogen-bond acceptors (Lipinski definition) is 2. The lowest BCUT2D eigenvalue weighted by atomic mass is 9.63. The van der Waals surface area contributed by atoms with Crippen molar-refractivity contribution in [3.05, 3.63) is 90.0 Å². The van der Waals surface area contributed by atoms with Gasteiger partial charge in [0.2, 0.25) is 0 Å². The van der Waals surface area contributed by atoms with E-state index < -0.39 is 0 Å². The van der Waals surface area contributed by atoms with Crippen LogP contribution in [0.5, 0.6) is 0 Å². The summed E-state index contributed by atoms with van der Waals surface area (Å²) in [5.41, 5.74) is 3.47. The minimum absolute atomic E-state index is 0.160. The second-order valence-corrected chi connectivity index (χ2v) is 9.73. The summed E-state index contributed by atoms with van der Waals surface area (Å²) >= 11 is 0. The molecule has 1 amide bonds. The van der Waals surface area contributed by atoms with Gasteiger partial charge in [0.1, 0.15) is 0 Å². The Morgan fingerprint density at radius 3 is 2.50 bits per heavy atom. The van der Waals surface area contributed by atoms with Crippen molar-refractivity contribution in [2.75, 3.05) is 31.1 Å². The van der Waals surface area contributed by atoms with Gasteiger partial charge in [-0.1, -0.05) is 66.7 Å². The third kappa shape index (κ3) is 2.61. The number of fused-ring (bicyclic) bond motifs is 2. The van der Waals surface area contributed by atoms with Gasteiger partial charge < -0.3 is 9.80 Å². The Kier molecular flexibility index (Phi) is 3.98. The lowest BCUT2D eigenvalue weighted by Gasteiger charge is -2.40. The van der Waals surface area contributed by atoms with E-state index in [-0.39, 0.29) is 5.91 Å². The molecule has 3 unspecified atom stereocenters. The van der Waals surface area contributed by atoms with E-state index in [2.05, 4.69) is 71.6 Å². The Morgan fingerprint density at radius 1 is 0.781 bits per heavy atom. The molecule has 0 bridgehead atoms. The summed E-state index contributed by atoms with van der Waals surface area (Å²) in [6.45, 7) is 4.04. The number of rotatable bonds is 4. The van der Waals surface area contributed by atoms with Gasteiger partial charge in [-0.2, -0.15) is 0 Å². The lowest BCUT2D eigenvalue weighted by Crippen LogP contribution is -2.36. The number of carbonyl (C=O) groups is 1. The monoisotopic (exact) mass is 418 g/mol. The van der Waals surface area contributed by atoms with Crippen LogP contribution in [0.3, 0.4) is 0 Å². The SMILES string of the molecule is O=C1c2cccc3cccc(c23)N1CCN1CC2CC(c3cccc4ccccc34)C2C1. The first-order valence-electron chi connectivity index (χ1n) is 11.8. The first kappa shape index (κ1) is 18.4. The van der Waals surface area contributed by atoms with Crippen molar-refractivity contribution in [3.63, 3.8) is 0 Å². The summed E-state index contributed by atoms with van der Waals surface area (Å²) in [5.74, 6) is 2.37. The number of nitrogens with zero attached hydrogens (tertiary/aromatic N) is 2. The van der Waals surface area contributed by atoms with Gasteiger partial charge >= 0.3 is 0 Å². The molecule has 32 heavy (non-hydrogen) atoms. The average molecular weight is 419 g/mol. The minimum Gasteiger partial charge on any atom is -0.306 e. The molecule has 0 aromatic heterocycles. The fraction of sp³-hybridized carbons (Fsp3) is 0.276. The fourth-order valence-electron chi connectivity index (χ4n) is 6.56. The highest BCUT2D eigenvalue weighted by atomic mass is 16.2. The van der Waals surface area contributed by atoms with E-state index in [1.54, 1.807) is 0 Å². The Hall–Kier alpha value is -3.17. The predicted octanol–water partition coefficient (Wildman–Crippen LogP) is 5.69. The van der Waals surface area contributed by atoms with Crippen molar-refractivity contribution in [1.82, 2.24) is 4.90 Å². The normalized spacial score (nSPS) is 24.3. The highest BCUT2D eigenvalue weighted by molar-refractivity contribution is 6.25. The topological polar surface area (TPSA) is 23.6 Å². The molecule has 3 heteroatoms. The summed E-state index contributed by atoms with van der Waals surface area (Å²) in [6, 6.07) is 27.9. The minimum atomic E-state index is 0.160. The van der Waals surface area contributed by atoms with Gasteiger partial charge in [-0.05, 0) is 58.0 Å². The summed E-state index contributed by atoms with van der Waals surface area (Å²) in [6.07, 6.45) is 1.29. The summed E-state index contributed by atoms with van der Waals surface area (Å²) in [4.78, 5) is 17.7. The predicted molar refractivity (Wildman–Crippen MR) is 130 cm³/mol. The van der Waals surface area contributed by atoms with Crippen LogP contribution in [0.15, 0.2) is 78.9 Å². The average Bonchev–Trinajstić information content (AvgIpc) is 3.28. The zero-order valence-electron chi connectivity index (χ0n) is 18.1. The van der Waals surface area contributed by atoms with Crippen LogP contribution in [0.1, 0.15) is 28.3 Å². The summed E-state index contributed by atoms with van der Waals surface area (Å²) in [5, 5.41) is 5.06. The molecule has 2 aliphatic heterocycles. The molecule has 3 atom stereocenters. The van der Waals surface area contributed by atoms with Gasteiger partial charge in [-0.25, -0.2) is 0 Å². The molecule has 0 N–H and O–H groups in total. The van der Waals surface area contributed by atoms with E-state index in [1.807, 2.05) is 17.0 Å². The van der Waals surface area contributed by atoms with Gasteiger partial charge in [0.25, 0.3) is 5.91 Å². The van der Waals surface area contributed by atoms with Gasteiger partial charge in [0.15, 0.2) is 0 Å². The van der Waals surface area contributed by atoms with E-state index in [1.165, 1.54) is 29.3 Å². The van der Waals surface area contributed by atoms with Crippen LogP contribution >= 0.6 is 0 Å². The zero-order valence-corrected chi connectivity index (χ0v) is 18.1. The second kappa shape index (κ2) is 6.91. The fourth-order valence-corrected chi connectivity index (χ4v) is 6.56. The van der Waals surface area contributed by atoms with Crippen LogP contribution in [0.2, 0.25) is 0 Å². The van der Waals surface area contributed by atoms with Crippen molar-refractivity contribution in [1.29, 1.82) is 0 Å². The first-order valence-corrected chi connectivity index (χ1v) is 11.8. The Balaban J connectivity index is 1.07. The lowest BCUT2D eigenvalue weighted by molar-refractivity contribution is 0.0990. The maximum absolute atomic E-state index is 13.1. The van der Waals surface area contributed by atoms with Gasteiger partial charge in [-0.3, -0.25) is 4.79 Å². The van der Waals surface area contributed by atoms with E-state index in [4.69, 9.17) is 0 Å². The Morgan fingerprint density at radius 2 is 1.56 bits per heavy atom. The number of benzene rings is 4. The molecule has 0 spiro atoms. The zero-order chi connectivity index (χ0) is 21.2. The molecule has 3 nitrogen and oxygen atoms in total. The van der Waals surface area contributed by atoms with Crippen molar-refractivity contribution in [3.8, 4) is 0 Å². The Labute approximate surface area is 188 Å². The Bertz CT molecular complexity index is 1370. The molecular formula is C29H26N2O. The molecular weight excluding hydrogens is 392 g/mol. The standard InChI is InChI=1S/C29H26N2O/c32-29-24-12-4-8-20-9-5-13-27(28(20)24)31(29)15-14-30-17-21-16-25(26(21)18-30)23-11-3-7-19-6-1-2-10-22(19)23/h1-13,21,25-26H,14-18H2. The number of likely N-dealkylation sites (tertiary alicyclic amines) is 1. The van der Waals surface area contributed by atoms with E-state index in [0.29, 0.717) is 5.92 Å². The maximum atomic E-state index is 13.1. The molecule has 4 aromatic carbocycles. The molecule has 158 valence electrons. The van der Waals surface area contributed by atoms with Crippen molar-refractivity contribution < 1.29 is 4.79 Å². The third-order valence-corrected chi connectivity index (χ3v) is 8.15.